The molecule has 1 fully saturated rings. The Hall–Kier alpha value is -2.59. The monoisotopic (exact) mass is 364 g/mol. The third-order valence-corrected chi connectivity index (χ3v) is 5.00. The Bertz CT molecular complexity index is 789. The molecule has 0 aromatic heterocycles. The maximum atomic E-state index is 12.3. The quantitative estimate of drug-likeness (QED) is 0.821. The molecule has 0 radical (unpaired) electrons. The van der Waals surface area contributed by atoms with Gasteiger partial charge in [-0.15, -0.1) is 0 Å². The molecule has 0 spiro atoms. The van der Waals surface area contributed by atoms with Crippen molar-refractivity contribution in [3.63, 3.8) is 0 Å². The number of allylic oxidation sites excluding steroid dienone is 1. The second-order valence-corrected chi connectivity index (χ2v) is 7.38. The summed E-state index contributed by atoms with van der Waals surface area (Å²) >= 11 is 0. The van der Waals surface area contributed by atoms with Crippen molar-refractivity contribution >= 4 is 5.91 Å². The van der Waals surface area contributed by atoms with Crippen LogP contribution in [0.3, 0.4) is 0 Å². The Morgan fingerprint density at radius 3 is 2.37 bits per heavy atom. The fourth-order valence-corrected chi connectivity index (χ4v) is 3.63. The van der Waals surface area contributed by atoms with Crippen LogP contribution in [0.1, 0.15) is 31.0 Å². The minimum atomic E-state index is 0.110. The zero-order valence-corrected chi connectivity index (χ0v) is 16.1. The molecular weight excluding hydrogens is 336 g/mol. The number of nitrogens with zero attached hydrogens (tertiary/aromatic N) is 2. The SMILES string of the molecule is CC(C)=CC(=O)N1CCN(C(Cc2cccc(O)c2)c2ccccc2)CC1. The molecule has 27 heavy (non-hydrogen) atoms. The van der Waals surface area contributed by atoms with Crippen molar-refractivity contribution in [1.82, 2.24) is 9.80 Å². The summed E-state index contributed by atoms with van der Waals surface area (Å²) in [5, 5.41) is 9.81. The molecule has 1 aliphatic rings. The summed E-state index contributed by atoms with van der Waals surface area (Å²) in [5.41, 5.74) is 3.42. The fraction of sp³-hybridized carbons (Fsp3) is 0.348. The van der Waals surface area contributed by atoms with Crippen molar-refractivity contribution in [3.05, 3.63) is 77.4 Å². The van der Waals surface area contributed by atoms with Crippen LogP contribution in [0, 0.1) is 0 Å². The molecule has 1 N–H and O–H groups in total. The average molecular weight is 364 g/mol. The van der Waals surface area contributed by atoms with Crippen LogP contribution < -0.4 is 0 Å². The van der Waals surface area contributed by atoms with Crippen LogP contribution in [0.25, 0.3) is 0 Å². The number of aromatic hydroxyl groups is 1. The molecule has 0 saturated carbocycles. The fourth-order valence-electron chi connectivity index (χ4n) is 3.63. The molecule has 4 nitrogen and oxygen atoms in total. The molecule has 1 unspecified atom stereocenters. The second kappa shape index (κ2) is 8.87. The summed E-state index contributed by atoms with van der Waals surface area (Å²) in [5.74, 6) is 0.412. The number of hydrogen-bond donors (Lipinski definition) is 1. The summed E-state index contributed by atoms with van der Waals surface area (Å²) in [7, 11) is 0. The zero-order valence-electron chi connectivity index (χ0n) is 16.1. The number of rotatable bonds is 5. The number of carbonyl (C=O) groups is 1. The van der Waals surface area contributed by atoms with Crippen molar-refractivity contribution in [1.29, 1.82) is 0 Å². The van der Waals surface area contributed by atoms with Gasteiger partial charge in [0.15, 0.2) is 0 Å². The number of piperazine rings is 1. The van der Waals surface area contributed by atoms with Crippen molar-refractivity contribution in [2.45, 2.75) is 26.3 Å². The van der Waals surface area contributed by atoms with E-state index in [0.717, 1.165) is 43.7 Å². The van der Waals surface area contributed by atoms with Gasteiger partial charge in [-0.05, 0) is 43.5 Å². The van der Waals surface area contributed by atoms with E-state index in [2.05, 4.69) is 35.2 Å². The Balaban J connectivity index is 1.74. The smallest absolute Gasteiger partial charge is 0.246 e. The third-order valence-electron chi connectivity index (χ3n) is 5.00. The van der Waals surface area contributed by atoms with E-state index in [1.54, 1.807) is 12.1 Å². The summed E-state index contributed by atoms with van der Waals surface area (Å²) in [6.45, 7) is 7.09. The van der Waals surface area contributed by atoms with E-state index >= 15 is 0 Å². The lowest BCUT2D eigenvalue weighted by Crippen LogP contribution is -2.49. The number of phenolic OH excluding ortho intramolecular Hbond substituents is 1. The highest BCUT2D eigenvalue weighted by Crippen LogP contribution is 2.27. The lowest BCUT2D eigenvalue weighted by atomic mass is 9.96. The summed E-state index contributed by atoms with van der Waals surface area (Å²) in [6, 6.07) is 18.2. The van der Waals surface area contributed by atoms with Gasteiger partial charge in [0, 0.05) is 38.3 Å². The molecule has 1 amide bonds. The van der Waals surface area contributed by atoms with Gasteiger partial charge in [-0.3, -0.25) is 9.69 Å². The van der Waals surface area contributed by atoms with E-state index in [1.165, 1.54) is 5.56 Å². The van der Waals surface area contributed by atoms with Gasteiger partial charge in [0.25, 0.3) is 0 Å². The van der Waals surface area contributed by atoms with Crippen molar-refractivity contribution in [2.75, 3.05) is 26.2 Å². The van der Waals surface area contributed by atoms with Gasteiger partial charge in [0.2, 0.25) is 5.91 Å². The lowest BCUT2D eigenvalue weighted by Gasteiger charge is -2.39. The predicted octanol–water partition coefficient (Wildman–Crippen LogP) is 3.79. The molecule has 1 atom stereocenters. The first kappa shape index (κ1) is 19.2. The molecule has 0 aliphatic carbocycles. The normalized spacial score (nSPS) is 16.0. The minimum Gasteiger partial charge on any atom is -0.508 e. The summed E-state index contributed by atoms with van der Waals surface area (Å²) < 4.78 is 0. The number of amides is 1. The van der Waals surface area contributed by atoms with Crippen molar-refractivity contribution in [3.8, 4) is 5.75 Å². The van der Waals surface area contributed by atoms with E-state index in [0.29, 0.717) is 5.75 Å². The molecule has 4 heteroatoms. The predicted molar refractivity (Wildman–Crippen MR) is 109 cm³/mol. The first-order valence-electron chi connectivity index (χ1n) is 9.53. The number of carbonyl (C=O) groups excluding carboxylic acids is 1. The van der Waals surface area contributed by atoms with Gasteiger partial charge >= 0.3 is 0 Å². The minimum absolute atomic E-state index is 0.110. The molecule has 1 heterocycles. The van der Waals surface area contributed by atoms with Gasteiger partial charge in [-0.1, -0.05) is 48.0 Å². The third kappa shape index (κ3) is 5.20. The van der Waals surface area contributed by atoms with Crippen LogP contribution >= 0.6 is 0 Å². The van der Waals surface area contributed by atoms with Crippen LogP contribution in [-0.2, 0) is 11.2 Å². The molecule has 1 aliphatic heterocycles. The standard InChI is InChI=1S/C23H28N2O2/c1-18(2)15-23(27)25-13-11-24(12-14-25)22(20-8-4-3-5-9-20)17-19-7-6-10-21(26)16-19/h3-10,15-16,22,26H,11-14,17H2,1-2H3. The summed E-state index contributed by atoms with van der Waals surface area (Å²) in [6.07, 6.45) is 2.55. The Morgan fingerprint density at radius 1 is 1.04 bits per heavy atom. The molecule has 3 rings (SSSR count). The Labute approximate surface area is 161 Å². The highest BCUT2D eigenvalue weighted by molar-refractivity contribution is 5.88. The highest BCUT2D eigenvalue weighted by Gasteiger charge is 2.26. The van der Waals surface area contributed by atoms with Gasteiger partial charge in [-0.25, -0.2) is 0 Å². The molecular formula is C23H28N2O2. The van der Waals surface area contributed by atoms with Crippen LogP contribution in [0.15, 0.2) is 66.2 Å². The maximum absolute atomic E-state index is 12.3. The van der Waals surface area contributed by atoms with E-state index in [-0.39, 0.29) is 11.9 Å². The maximum Gasteiger partial charge on any atom is 0.246 e. The molecule has 2 aromatic carbocycles. The van der Waals surface area contributed by atoms with Crippen LogP contribution in [-0.4, -0.2) is 47.0 Å². The summed E-state index contributed by atoms with van der Waals surface area (Å²) in [4.78, 5) is 16.7. The average Bonchev–Trinajstić information content (AvgIpc) is 2.66. The van der Waals surface area contributed by atoms with Crippen molar-refractivity contribution in [2.24, 2.45) is 0 Å². The van der Waals surface area contributed by atoms with Crippen LogP contribution in [0.5, 0.6) is 5.75 Å². The van der Waals surface area contributed by atoms with E-state index in [9.17, 15) is 9.90 Å². The number of benzene rings is 2. The number of phenols is 1. The van der Waals surface area contributed by atoms with E-state index in [4.69, 9.17) is 0 Å². The topological polar surface area (TPSA) is 43.8 Å². The van der Waals surface area contributed by atoms with Crippen molar-refractivity contribution < 1.29 is 9.90 Å². The van der Waals surface area contributed by atoms with Gasteiger partial charge in [0.05, 0.1) is 0 Å². The molecule has 142 valence electrons. The van der Waals surface area contributed by atoms with E-state index in [1.807, 2.05) is 36.9 Å². The molecule has 2 aromatic rings. The second-order valence-electron chi connectivity index (χ2n) is 7.38. The molecule has 0 bridgehead atoms. The van der Waals surface area contributed by atoms with Crippen LogP contribution in [0.2, 0.25) is 0 Å². The number of hydrogen-bond acceptors (Lipinski definition) is 3. The van der Waals surface area contributed by atoms with Crippen LogP contribution in [0.4, 0.5) is 0 Å². The van der Waals surface area contributed by atoms with Gasteiger partial charge in [0.1, 0.15) is 5.75 Å². The first-order valence-corrected chi connectivity index (χ1v) is 9.53. The molecule has 1 saturated heterocycles. The van der Waals surface area contributed by atoms with Gasteiger partial charge < -0.3 is 10.0 Å². The van der Waals surface area contributed by atoms with E-state index < -0.39 is 0 Å². The van der Waals surface area contributed by atoms with Gasteiger partial charge in [-0.2, -0.15) is 0 Å². The first-order chi connectivity index (χ1) is 13.0. The largest absolute Gasteiger partial charge is 0.508 e. The Kier molecular flexibility index (Phi) is 6.30. The Morgan fingerprint density at radius 2 is 1.74 bits per heavy atom. The highest BCUT2D eigenvalue weighted by atomic mass is 16.3. The lowest BCUT2D eigenvalue weighted by molar-refractivity contribution is -0.128. The zero-order chi connectivity index (χ0) is 19.2.